The number of pyridine rings is 1. The third kappa shape index (κ3) is 4.17. The molecule has 126 valence electrons. The molecule has 0 unspecified atom stereocenters. The second-order valence-corrected chi connectivity index (χ2v) is 5.50. The van der Waals surface area contributed by atoms with Crippen molar-refractivity contribution in [2.45, 2.75) is 6.92 Å². The Balaban J connectivity index is 1.69. The predicted octanol–water partition coefficient (Wildman–Crippen LogP) is 4.66. The van der Waals surface area contributed by atoms with Gasteiger partial charge in [0.05, 0.1) is 17.6 Å². The summed E-state index contributed by atoms with van der Waals surface area (Å²) in [6, 6.07) is 13.7. The maximum atomic E-state index is 13.6. The van der Waals surface area contributed by atoms with Crippen LogP contribution >= 0.6 is 0 Å². The minimum absolute atomic E-state index is 0.116. The van der Waals surface area contributed by atoms with Gasteiger partial charge >= 0.3 is 0 Å². The molecule has 0 aliphatic carbocycles. The third-order valence-corrected chi connectivity index (χ3v) is 3.50. The first-order valence-corrected chi connectivity index (χ1v) is 7.57. The third-order valence-electron chi connectivity index (χ3n) is 3.50. The van der Waals surface area contributed by atoms with Crippen molar-refractivity contribution in [1.29, 1.82) is 0 Å². The van der Waals surface area contributed by atoms with Crippen molar-refractivity contribution in [2.75, 3.05) is 10.6 Å². The predicted molar refractivity (Wildman–Crippen MR) is 93.0 cm³/mol. The smallest absolute Gasteiger partial charge is 0.255 e. The van der Waals surface area contributed by atoms with E-state index in [-0.39, 0.29) is 11.6 Å². The molecule has 0 aliphatic heterocycles. The van der Waals surface area contributed by atoms with Gasteiger partial charge in [-0.05, 0) is 43.3 Å². The Morgan fingerprint density at radius 3 is 2.56 bits per heavy atom. The Hall–Kier alpha value is -3.28. The summed E-state index contributed by atoms with van der Waals surface area (Å²) in [6.45, 7) is 1.91. The van der Waals surface area contributed by atoms with E-state index in [0.29, 0.717) is 17.1 Å². The van der Waals surface area contributed by atoms with E-state index in [1.165, 1.54) is 12.3 Å². The minimum Gasteiger partial charge on any atom is -0.338 e. The highest BCUT2D eigenvalue weighted by Crippen LogP contribution is 2.20. The first-order chi connectivity index (χ1) is 12.0. The van der Waals surface area contributed by atoms with E-state index in [9.17, 15) is 13.6 Å². The average molecular weight is 339 g/mol. The summed E-state index contributed by atoms with van der Waals surface area (Å²) in [5, 5.41) is 5.50. The van der Waals surface area contributed by atoms with Crippen LogP contribution in [0.5, 0.6) is 0 Å². The maximum Gasteiger partial charge on any atom is 0.255 e. The van der Waals surface area contributed by atoms with Crippen molar-refractivity contribution in [3.8, 4) is 0 Å². The lowest BCUT2D eigenvalue weighted by Gasteiger charge is -2.09. The number of rotatable bonds is 4. The highest BCUT2D eigenvalue weighted by Gasteiger charge is 2.08. The van der Waals surface area contributed by atoms with Crippen LogP contribution in [-0.4, -0.2) is 10.9 Å². The molecule has 0 atom stereocenters. The minimum atomic E-state index is -0.710. The zero-order chi connectivity index (χ0) is 17.8. The summed E-state index contributed by atoms with van der Waals surface area (Å²) < 4.78 is 26.5. The zero-order valence-electron chi connectivity index (χ0n) is 13.4. The molecule has 0 bridgehead atoms. The topological polar surface area (TPSA) is 54.0 Å². The van der Waals surface area contributed by atoms with Crippen LogP contribution in [0.2, 0.25) is 0 Å². The van der Waals surface area contributed by atoms with Crippen LogP contribution in [0.3, 0.4) is 0 Å². The van der Waals surface area contributed by atoms with Gasteiger partial charge in [0.15, 0.2) is 0 Å². The van der Waals surface area contributed by atoms with Gasteiger partial charge in [-0.15, -0.1) is 0 Å². The van der Waals surface area contributed by atoms with E-state index in [0.717, 1.165) is 17.7 Å². The quantitative estimate of drug-likeness (QED) is 0.727. The van der Waals surface area contributed by atoms with Gasteiger partial charge in [0.1, 0.15) is 17.5 Å². The number of carbonyl (C=O) groups is 1. The molecule has 3 rings (SSSR count). The first kappa shape index (κ1) is 16.6. The van der Waals surface area contributed by atoms with Crippen LogP contribution < -0.4 is 10.6 Å². The molecule has 0 aliphatic rings. The van der Waals surface area contributed by atoms with Crippen molar-refractivity contribution < 1.29 is 13.6 Å². The molecule has 25 heavy (non-hydrogen) atoms. The number of nitrogens with zero attached hydrogens (tertiary/aromatic N) is 1. The number of benzene rings is 2. The van der Waals surface area contributed by atoms with Gasteiger partial charge in [0, 0.05) is 11.6 Å². The number of hydrogen-bond donors (Lipinski definition) is 2. The molecule has 3 aromatic rings. The fourth-order valence-electron chi connectivity index (χ4n) is 2.26. The molecule has 0 spiro atoms. The van der Waals surface area contributed by atoms with Gasteiger partial charge in [-0.2, -0.15) is 0 Å². The van der Waals surface area contributed by atoms with Crippen molar-refractivity contribution in [3.05, 3.63) is 83.6 Å². The van der Waals surface area contributed by atoms with E-state index >= 15 is 0 Å². The van der Waals surface area contributed by atoms with Crippen molar-refractivity contribution in [3.63, 3.8) is 0 Å². The summed E-state index contributed by atoms with van der Waals surface area (Å²) in [6.07, 6.45) is 1.46. The molecule has 1 amide bonds. The number of halogens is 2. The molecule has 0 saturated heterocycles. The summed E-state index contributed by atoms with van der Waals surface area (Å²) in [7, 11) is 0. The van der Waals surface area contributed by atoms with Gasteiger partial charge < -0.3 is 10.6 Å². The largest absolute Gasteiger partial charge is 0.338 e. The molecule has 2 aromatic carbocycles. The van der Waals surface area contributed by atoms with Gasteiger partial charge in [-0.25, -0.2) is 13.8 Å². The van der Waals surface area contributed by atoms with Crippen LogP contribution in [-0.2, 0) is 0 Å². The summed E-state index contributed by atoms with van der Waals surface area (Å²) in [5.41, 5.74) is 2.17. The number of amides is 1. The van der Waals surface area contributed by atoms with E-state index in [1.54, 1.807) is 24.3 Å². The molecule has 4 nitrogen and oxygen atoms in total. The Morgan fingerprint density at radius 2 is 1.88 bits per heavy atom. The molecular formula is C19H15F2N3O. The van der Waals surface area contributed by atoms with Crippen LogP contribution in [0.25, 0.3) is 0 Å². The molecular weight excluding hydrogens is 324 g/mol. The molecule has 2 N–H and O–H groups in total. The summed E-state index contributed by atoms with van der Waals surface area (Å²) in [4.78, 5) is 16.3. The number of anilines is 3. The standard InChI is InChI=1S/C19H15F2N3O/c1-12-3-2-4-13(9-12)19(25)23-15-6-8-18(22-11-15)24-17-7-5-14(20)10-16(17)21/h2-11H,1H3,(H,22,24)(H,23,25). The zero-order valence-corrected chi connectivity index (χ0v) is 13.4. The molecule has 6 heteroatoms. The lowest BCUT2D eigenvalue weighted by Crippen LogP contribution is -2.12. The molecule has 1 heterocycles. The highest BCUT2D eigenvalue weighted by molar-refractivity contribution is 6.04. The summed E-state index contributed by atoms with van der Waals surface area (Å²) >= 11 is 0. The Bertz CT molecular complexity index is 911. The monoisotopic (exact) mass is 339 g/mol. The lowest BCUT2D eigenvalue weighted by atomic mass is 10.1. The fourth-order valence-corrected chi connectivity index (χ4v) is 2.26. The van der Waals surface area contributed by atoms with E-state index < -0.39 is 11.6 Å². The Morgan fingerprint density at radius 1 is 1.04 bits per heavy atom. The van der Waals surface area contributed by atoms with Crippen LogP contribution in [0, 0.1) is 18.6 Å². The number of hydrogen-bond acceptors (Lipinski definition) is 3. The van der Waals surface area contributed by atoms with Crippen LogP contribution in [0.4, 0.5) is 26.0 Å². The normalized spacial score (nSPS) is 10.4. The van der Waals surface area contributed by atoms with E-state index in [1.807, 2.05) is 19.1 Å². The number of nitrogens with one attached hydrogen (secondary N) is 2. The van der Waals surface area contributed by atoms with Gasteiger partial charge in [0.25, 0.3) is 5.91 Å². The fraction of sp³-hybridized carbons (Fsp3) is 0.0526. The number of aromatic nitrogens is 1. The van der Waals surface area contributed by atoms with Crippen LogP contribution in [0.15, 0.2) is 60.8 Å². The van der Waals surface area contributed by atoms with Crippen molar-refractivity contribution in [2.24, 2.45) is 0 Å². The lowest BCUT2D eigenvalue weighted by molar-refractivity contribution is 0.102. The second kappa shape index (κ2) is 7.09. The molecule has 0 saturated carbocycles. The van der Waals surface area contributed by atoms with E-state index in [2.05, 4.69) is 15.6 Å². The molecule has 1 aromatic heterocycles. The molecule has 0 fully saturated rings. The number of carbonyl (C=O) groups excluding carboxylic acids is 1. The van der Waals surface area contributed by atoms with E-state index in [4.69, 9.17) is 0 Å². The number of aryl methyl sites for hydroxylation is 1. The average Bonchev–Trinajstić information content (AvgIpc) is 2.59. The Labute approximate surface area is 143 Å². The van der Waals surface area contributed by atoms with Crippen LogP contribution in [0.1, 0.15) is 15.9 Å². The maximum absolute atomic E-state index is 13.6. The molecule has 0 radical (unpaired) electrons. The van der Waals surface area contributed by atoms with Crippen molar-refractivity contribution in [1.82, 2.24) is 4.98 Å². The second-order valence-electron chi connectivity index (χ2n) is 5.50. The Kier molecular flexibility index (Phi) is 4.70. The van der Waals surface area contributed by atoms with Gasteiger partial charge in [0.2, 0.25) is 0 Å². The van der Waals surface area contributed by atoms with Crippen molar-refractivity contribution >= 4 is 23.1 Å². The van der Waals surface area contributed by atoms with Gasteiger partial charge in [-0.3, -0.25) is 4.79 Å². The summed E-state index contributed by atoms with van der Waals surface area (Å²) in [5.74, 6) is -1.22. The highest BCUT2D eigenvalue weighted by atomic mass is 19.1. The SMILES string of the molecule is Cc1cccc(C(=O)Nc2ccc(Nc3ccc(F)cc3F)nc2)c1. The van der Waals surface area contributed by atoms with Gasteiger partial charge in [-0.1, -0.05) is 17.7 Å². The first-order valence-electron chi connectivity index (χ1n) is 7.57.